The number of carbonyl (C=O) groups excluding carboxylic acids is 1. The Morgan fingerprint density at radius 3 is 3.00 bits per heavy atom. The summed E-state index contributed by atoms with van der Waals surface area (Å²) in [6.45, 7) is 1.95. The summed E-state index contributed by atoms with van der Waals surface area (Å²) in [6, 6.07) is 2.14. The number of amides is 1. The zero-order chi connectivity index (χ0) is 12.7. The third-order valence-corrected chi connectivity index (χ3v) is 3.54. The zero-order valence-corrected chi connectivity index (χ0v) is 10.6. The van der Waals surface area contributed by atoms with Gasteiger partial charge in [-0.05, 0) is 25.8 Å². The van der Waals surface area contributed by atoms with E-state index < -0.39 is 0 Å². The van der Waals surface area contributed by atoms with Crippen LogP contribution in [0, 0.1) is 6.92 Å². The van der Waals surface area contributed by atoms with Gasteiger partial charge in [-0.25, -0.2) is 0 Å². The van der Waals surface area contributed by atoms with Gasteiger partial charge in [-0.3, -0.25) is 4.79 Å². The lowest BCUT2D eigenvalue weighted by Crippen LogP contribution is -2.26. The average Bonchev–Trinajstić information content (AvgIpc) is 2.89. The highest BCUT2D eigenvalue weighted by Gasteiger charge is 2.26. The molecule has 1 aliphatic carbocycles. The predicted molar refractivity (Wildman–Crippen MR) is 67.2 cm³/mol. The van der Waals surface area contributed by atoms with Gasteiger partial charge in [0, 0.05) is 10.9 Å². The molecule has 0 aromatic carbocycles. The van der Waals surface area contributed by atoms with E-state index in [1.54, 1.807) is 0 Å². The highest BCUT2D eigenvalue weighted by molar-refractivity contribution is 7.16. The van der Waals surface area contributed by atoms with E-state index in [1.165, 1.54) is 11.3 Å². The van der Waals surface area contributed by atoms with Crippen LogP contribution in [0.5, 0.6) is 0 Å². The van der Waals surface area contributed by atoms with Gasteiger partial charge in [-0.2, -0.15) is 4.98 Å². The molecule has 0 radical (unpaired) electrons. The second-order valence-corrected chi connectivity index (χ2v) is 5.59. The summed E-state index contributed by atoms with van der Waals surface area (Å²) in [5, 5.41) is 7.09. The predicted octanol–water partition coefficient (Wildman–Crippen LogP) is 1.58. The Morgan fingerprint density at radius 2 is 2.39 bits per heavy atom. The first-order valence-corrected chi connectivity index (χ1v) is 6.46. The number of hydrogen-bond donors (Lipinski definition) is 2. The fourth-order valence-corrected chi connectivity index (χ4v) is 2.38. The number of nitrogens with two attached hydrogens (primary N) is 1. The number of thiophene rings is 1. The summed E-state index contributed by atoms with van der Waals surface area (Å²) >= 11 is 1.45. The standard InChI is InChI=1S/C11H12N4O2S/c1-5-4-7(8(12)18-5)11-14-9(15-17-11)10(16)13-6-2-3-6/h4,6H,2-3,12H2,1H3,(H,13,16). The first kappa shape index (κ1) is 11.2. The van der Waals surface area contributed by atoms with Gasteiger partial charge in [-0.1, -0.05) is 5.16 Å². The molecule has 1 fully saturated rings. The molecule has 0 bridgehead atoms. The zero-order valence-electron chi connectivity index (χ0n) is 9.77. The van der Waals surface area contributed by atoms with Crippen LogP contribution in [0.15, 0.2) is 10.6 Å². The lowest BCUT2D eigenvalue weighted by atomic mass is 10.3. The second kappa shape index (κ2) is 4.09. The molecule has 18 heavy (non-hydrogen) atoms. The molecule has 94 valence electrons. The summed E-state index contributed by atoms with van der Waals surface area (Å²) in [5.74, 6) is 0.0518. The topological polar surface area (TPSA) is 94.0 Å². The van der Waals surface area contributed by atoms with Crippen molar-refractivity contribution in [3.05, 3.63) is 16.8 Å². The number of nitrogen functional groups attached to an aromatic ring is 1. The number of hydrogen-bond acceptors (Lipinski definition) is 6. The molecule has 0 aliphatic heterocycles. The summed E-state index contributed by atoms with van der Waals surface area (Å²) in [7, 11) is 0. The van der Waals surface area contributed by atoms with Crippen LogP contribution in [0.3, 0.4) is 0 Å². The lowest BCUT2D eigenvalue weighted by Gasteiger charge is -1.95. The minimum absolute atomic E-state index is 0.0557. The van der Waals surface area contributed by atoms with Gasteiger partial charge in [0.1, 0.15) is 0 Å². The number of anilines is 1. The van der Waals surface area contributed by atoms with Gasteiger partial charge in [0.25, 0.3) is 17.6 Å². The Hall–Kier alpha value is -1.89. The minimum Gasteiger partial charge on any atom is -0.390 e. The van der Waals surface area contributed by atoms with Crippen LogP contribution in [0.1, 0.15) is 28.3 Å². The van der Waals surface area contributed by atoms with E-state index in [2.05, 4.69) is 15.5 Å². The fraction of sp³-hybridized carbons (Fsp3) is 0.364. The van der Waals surface area contributed by atoms with Crippen molar-refractivity contribution in [1.82, 2.24) is 15.5 Å². The summed E-state index contributed by atoms with van der Waals surface area (Å²) in [4.78, 5) is 16.8. The Balaban J connectivity index is 1.84. The van der Waals surface area contributed by atoms with Crippen LogP contribution in [-0.4, -0.2) is 22.1 Å². The highest BCUT2D eigenvalue weighted by Crippen LogP contribution is 2.32. The largest absolute Gasteiger partial charge is 0.390 e. The molecule has 0 unspecified atom stereocenters. The monoisotopic (exact) mass is 264 g/mol. The van der Waals surface area contributed by atoms with Crippen LogP contribution in [-0.2, 0) is 0 Å². The van der Waals surface area contributed by atoms with Crippen molar-refractivity contribution in [1.29, 1.82) is 0 Å². The van der Waals surface area contributed by atoms with Gasteiger partial charge in [0.05, 0.1) is 10.6 Å². The number of aromatic nitrogens is 2. The molecule has 3 N–H and O–H groups in total. The van der Waals surface area contributed by atoms with Crippen LogP contribution < -0.4 is 11.1 Å². The number of carbonyl (C=O) groups is 1. The molecule has 6 nitrogen and oxygen atoms in total. The maximum absolute atomic E-state index is 11.7. The second-order valence-electron chi connectivity index (χ2n) is 4.31. The molecule has 0 atom stereocenters. The quantitative estimate of drug-likeness (QED) is 0.877. The van der Waals surface area contributed by atoms with Gasteiger partial charge in [0.2, 0.25) is 0 Å². The van der Waals surface area contributed by atoms with Crippen molar-refractivity contribution in [2.24, 2.45) is 0 Å². The first-order chi connectivity index (χ1) is 8.63. The Morgan fingerprint density at radius 1 is 1.61 bits per heavy atom. The van der Waals surface area contributed by atoms with Gasteiger partial charge >= 0.3 is 0 Å². The van der Waals surface area contributed by atoms with Crippen molar-refractivity contribution in [3.8, 4) is 11.5 Å². The smallest absolute Gasteiger partial charge is 0.292 e. The van der Waals surface area contributed by atoms with Crippen molar-refractivity contribution in [2.75, 3.05) is 5.73 Å². The summed E-state index contributed by atoms with van der Waals surface area (Å²) < 4.78 is 5.07. The molecule has 2 aromatic rings. The van der Waals surface area contributed by atoms with Gasteiger partial charge in [0.15, 0.2) is 0 Å². The van der Waals surface area contributed by atoms with Gasteiger partial charge < -0.3 is 15.6 Å². The van der Waals surface area contributed by atoms with Crippen molar-refractivity contribution in [3.63, 3.8) is 0 Å². The summed E-state index contributed by atoms with van der Waals surface area (Å²) in [5.41, 5.74) is 6.53. The number of rotatable bonds is 3. The van der Waals surface area contributed by atoms with Crippen molar-refractivity contribution >= 4 is 22.2 Å². The number of nitrogens with one attached hydrogen (secondary N) is 1. The van der Waals surface area contributed by atoms with Crippen LogP contribution >= 0.6 is 11.3 Å². The molecular formula is C11H12N4O2S. The maximum atomic E-state index is 11.7. The lowest BCUT2D eigenvalue weighted by molar-refractivity contribution is 0.0937. The molecule has 1 aliphatic rings. The van der Waals surface area contributed by atoms with E-state index in [9.17, 15) is 4.79 Å². The molecule has 0 spiro atoms. The molecule has 7 heteroatoms. The Bertz CT molecular complexity index is 600. The minimum atomic E-state index is -0.293. The fourth-order valence-electron chi connectivity index (χ4n) is 1.60. The van der Waals surface area contributed by atoms with Crippen LogP contribution in [0.25, 0.3) is 11.5 Å². The van der Waals surface area contributed by atoms with E-state index in [0.29, 0.717) is 10.6 Å². The number of nitrogens with zero attached hydrogens (tertiary/aromatic N) is 2. The Kier molecular flexibility index (Phi) is 2.55. The van der Waals surface area contributed by atoms with Crippen LogP contribution in [0.2, 0.25) is 0 Å². The average molecular weight is 264 g/mol. The van der Waals surface area contributed by atoms with E-state index in [1.807, 2.05) is 13.0 Å². The first-order valence-electron chi connectivity index (χ1n) is 5.64. The third-order valence-electron chi connectivity index (χ3n) is 2.66. The molecule has 2 heterocycles. The Labute approximate surface area is 107 Å². The highest BCUT2D eigenvalue weighted by atomic mass is 32.1. The summed E-state index contributed by atoms with van der Waals surface area (Å²) in [6.07, 6.45) is 2.04. The maximum Gasteiger partial charge on any atom is 0.292 e. The molecule has 1 amide bonds. The van der Waals surface area contributed by atoms with Crippen molar-refractivity contribution < 1.29 is 9.32 Å². The molecule has 2 aromatic heterocycles. The van der Waals surface area contributed by atoms with Gasteiger partial charge in [-0.15, -0.1) is 11.3 Å². The molecule has 0 saturated heterocycles. The normalized spacial score (nSPS) is 14.7. The van der Waals surface area contributed by atoms with E-state index >= 15 is 0 Å². The van der Waals surface area contributed by atoms with Crippen LogP contribution in [0.4, 0.5) is 5.00 Å². The SMILES string of the molecule is Cc1cc(-c2nc(C(=O)NC3CC3)no2)c(N)s1. The molecule has 1 saturated carbocycles. The van der Waals surface area contributed by atoms with E-state index in [0.717, 1.165) is 17.7 Å². The van der Waals surface area contributed by atoms with Crippen molar-refractivity contribution in [2.45, 2.75) is 25.8 Å². The number of aryl methyl sites for hydroxylation is 1. The third kappa shape index (κ3) is 2.08. The van der Waals surface area contributed by atoms with E-state index in [-0.39, 0.29) is 23.7 Å². The molecular weight excluding hydrogens is 252 g/mol. The molecule has 3 rings (SSSR count). The van der Waals surface area contributed by atoms with E-state index in [4.69, 9.17) is 10.3 Å².